The number of nitrogens with zero attached hydrogens (tertiary/aromatic N) is 3. The zero-order chi connectivity index (χ0) is 15.2. The maximum atomic E-state index is 11.1. The first-order valence-corrected chi connectivity index (χ1v) is 7.30. The average Bonchev–Trinajstić information content (AvgIpc) is 2.53. The van der Waals surface area contributed by atoms with Gasteiger partial charge in [0.05, 0.1) is 4.92 Å². The van der Waals surface area contributed by atoms with Crippen molar-refractivity contribution in [1.82, 2.24) is 5.32 Å². The molecule has 0 unspecified atom stereocenters. The van der Waals surface area contributed by atoms with Crippen LogP contribution in [0, 0.1) is 27.4 Å². The zero-order valence-electron chi connectivity index (χ0n) is 12.2. The van der Waals surface area contributed by atoms with Crippen LogP contribution in [0.2, 0.25) is 0 Å². The SMILES string of the molecule is CCN(CC1CCNCC1)c1ccc(C#N)c([N+](=O)[O-])c1. The fraction of sp³-hybridized carbons (Fsp3) is 0.533. The Balaban J connectivity index is 2.19. The van der Waals surface area contributed by atoms with Crippen molar-refractivity contribution >= 4 is 11.4 Å². The summed E-state index contributed by atoms with van der Waals surface area (Å²) < 4.78 is 0. The van der Waals surface area contributed by atoms with Gasteiger partial charge in [0.2, 0.25) is 0 Å². The number of benzene rings is 1. The minimum atomic E-state index is -0.486. The summed E-state index contributed by atoms with van der Waals surface area (Å²) >= 11 is 0. The first-order chi connectivity index (χ1) is 10.2. The van der Waals surface area contributed by atoms with Crippen molar-refractivity contribution in [1.29, 1.82) is 5.26 Å². The predicted octanol–water partition coefficient (Wildman–Crippen LogP) is 2.29. The summed E-state index contributed by atoms with van der Waals surface area (Å²) in [6.07, 6.45) is 2.27. The zero-order valence-corrected chi connectivity index (χ0v) is 12.2. The Morgan fingerprint density at radius 1 is 1.48 bits per heavy atom. The summed E-state index contributed by atoms with van der Waals surface area (Å²) in [4.78, 5) is 12.7. The van der Waals surface area contributed by atoms with E-state index in [1.54, 1.807) is 12.1 Å². The Hall–Kier alpha value is -2.13. The van der Waals surface area contributed by atoms with Gasteiger partial charge in [0.1, 0.15) is 11.6 Å². The minimum Gasteiger partial charge on any atom is -0.371 e. The Kier molecular flexibility index (Phi) is 5.12. The molecule has 0 bridgehead atoms. The largest absolute Gasteiger partial charge is 0.371 e. The van der Waals surface area contributed by atoms with Crippen LogP contribution in [0.4, 0.5) is 11.4 Å². The third-order valence-electron chi connectivity index (χ3n) is 3.98. The molecule has 6 heteroatoms. The summed E-state index contributed by atoms with van der Waals surface area (Å²) in [6.45, 7) is 5.82. The van der Waals surface area contributed by atoms with Crippen LogP contribution in [-0.2, 0) is 0 Å². The van der Waals surface area contributed by atoms with E-state index in [2.05, 4.69) is 10.2 Å². The highest BCUT2D eigenvalue weighted by Gasteiger charge is 2.20. The van der Waals surface area contributed by atoms with Crippen LogP contribution in [0.5, 0.6) is 0 Å². The van der Waals surface area contributed by atoms with Crippen molar-refractivity contribution in [3.05, 3.63) is 33.9 Å². The molecule has 1 N–H and O–H groups in total. The van der Waals surface area contributed by atoms with E-state index in [4.69, 9.17) is 5.26 Å². The molecule has 112 valence electrons. The highest BCUT2D eigenvalue weighted by molar-refractivity contribution is 5.60. The number of nitrogens with one attached hydrogen (secondary N) is 1. The lowest BCUT2D eigenvalue weighted by molar-refractivity contribution is -0.385. The summed E-state index contributed by atoms with van der Waals surface area (Å²) in [5.41, 5.74) is 0.821. The van der Waals surface area contributed by atoms with Gasteiger partial charge in [-0.3, -0.25) is 10.1 Å². The smallest absolute Gasteiger partial charge is 0.289 e. The second-order valence-corrected chi connectivity index (χ2v) is 5.30. The molecule has 1 aliphatic rings. The van der Waals surface area contributed by atoms with Gasteiger partial charge in [-0.2, -0.15) is 5.26 Å². The summed E-state index contributed by atoms with van der Waals surface area (Å²) in [6, 6.07) is 6.73. The Labute approximate surface area is 124 Å². The molecule has 1 aliphatic heterocycles. The average molecular weight is 288 g/mol. The molecule has 1 aromatic rings. The molecule has 21 heavy (non-hydrogen) atoms. The molecule has 0 amide bonds. The number of nitro benzene ring substituents is 1. The van der Waals surface area contributed by atoms with Crippen molar-refractivity contribution in [3.63, 3.8) is 0 Å². The van der Waals surface area contributed by atoms with E-state index in [9.17, 15) is 10.1 Å². The van der Waals surface area contributed by atoms with Crippen LogP contribution >= 0.6 is 0 Å². The Morgan fingerprint density at radius 2 is 2.19 bits per heavy atom. The van der Waals surface area contributed by atoms with E-state index in [0.29, 0.717) is 5.92 Å². The van der Waals surface area contributed by atoms with Crippen LogP contribution in [0.15, 0.2) is 18.2 Å². The van der Waals surface area contributed by atoms with Crippen LogP contribution < -0.4 is 10.2 Å². The lowest BCUT2D eigenvalue weighted by atomic mass is 9.97. The molecule has 0 aliphatic carbocycles. The molecular weight excluding hydrogens is 268 g/mol. The maximum absolute atomic E-state index is 11.1. The lowest BCUT2D eigenvalue weighted by Crippen LogP contribution is -2.36. The first kappa shape index (κ1) is 15.3. The van der Waals surface area contributed by atoms with E-state index in [1.165, 1.54) is 6.07 Å². The standard InChI is InChI=1S/C15H20N4O2/c1-2-18(11-12-5-7-17-8-6-12)14-4-3-13(10-16)15(9-14)19(20)21/h3-4,9,12,17H,2,5-8,11H2,1H3. The van der Waals surface area contributed by atoms with Crippen molar-refractivity contribution in [2.45, 2.75) is 19.8 Å². The minimum absolute atomic E-state index is 0.112. The molecule has 1 aromatic carbocycles. The number of hydrogen-bond acceptors (Lipinski definition) is 5. The molecule has 6 nitrogen and oxygen atoms in total. The van der Waals surface area contributed by atoms with Gasteiger partial charge in [0.25, 0.3) is 5.69 Å². The van der Waals surface area contributed by atoms with Crippen LogP contribution in [0.25, 0.3) is 0 Å². The molecule has 1 fully saturated rings. The van der Waals surface area contributed by atoms with Gasteiger partial charge >= 0.3 is 0 Å². The van der Waals surface area contributed by atoms with Crippen molar-refractivity contribution in [2.75, 3.05) is 31.1 Å². The molecule has 0 radical (unpaired) electrons. The van der Waals surface area contributed by atoms with Gasteiger partial charge in [-0.05, 0) is 50.9 Å². The van der Waals surface area contributed by atoms with Gasteiger partial charge in [0, 0.05) is 24.8 Å². The second kappa shape index (κ2) is 7.04. The number of piperidine rings is 1. The Bertz CT molecular complexity index is 547. The number of anilines is 1. The van der Waals surface area contributed by atoms with Gasteiger partial charge in [0.15, 0.2) is 0 Å². The van der Waals surface area contributed by atoms with Gasteiger partial charge < -0.3 is 10.2 Å². The molecular formula is C15H20N4O2. The monoisotopic (exact) mass is 288 g/mol. The highest BCUT2D eigenvalue weighted by atomic mass is 16.6. The normalized spacial score (nSPS) is 15.4. The third kappa shape index (κ3) is 3.70. The van der Waals surface area contributed by atoms with E-state index >= 15 is 0 Å². The van der Waals surface area contributed by atoms with Crippen LogP contribution in [-0.4, -0.2) is 31.1 Å². The number of rotatable bonds is 5. The molecule has 2 rings (SSSR count). The molecule has 1 saturated heterocycles. The van der Waals surface area contributed by atoms with E-state index in [1.807, 2.05) is 13.0 Å². The second-order valence-electron chi connectivity index (χ2n) is 5.30. The predicted molar refractivity (Wildman–Crippen MR) is 81.3 cm³/mol. The summed E-state index contributed by atoms with van der Waals surface area (Å²) in [5.74, 6) is 0.612. The fourth-order valence-electron chi connectivity index (χ4n) is 2.76. The molecule has 0 atom stereocenters. The fourth-order valence-corrected chi connectivity index (χ4v) is 2.76. The first-order valence-electron chi connectivity index (χ1n) is 7.30. The van der Waals surface area contributed by atoms with Crippen molar-refractivity contribution in [2.24, 2.45) is 5.92 Å². The molecule has 0 spiro atoms. The van der Waals surface area contributed by atoms with Crippen LogP contribution in [0.1, 0.15) is 25.3 Å². The van der Waals surface area contributed by atoms with Crippen molar-refractivity contribution < 1.29 is 4.92 Å². The number of nitriles is 1. The lowest BCUT2D eigenvalue weighted by Gasteiger charge is -2.30. The van der Waals surface area contributed by atoms with Gasteiger partial charge in [-0.25, -0.2) is 0 Å². The highest BCUT2D eigenvalue weighted by Crippen LogP contribution is 2.26. The van der Waals surface area contributed by atoms with Crippen LogP contribution in [0.3, 0.4) is 0 Å². The molecule has 0 saturated carbocycles. The quantitative estimate of drug-likeness (QED) is 0.664. The number of nitro groups is 1. The topological polar surface area (TPSA) is 82.2 Å². The van der Waals surface area contributed by atoms with E-state index in [-0.39, 0.29) is 11.3 Å². The summed E-state index contributed by atoms with van der Waals surface area (Å²) in [7, 11) is 0. The summed E-state index contributed by atoms with van der Waals surface area (Å²) in [5, 5.41) is 23.3. The van der Waals surface area contributed by atoms with Gasteiger partial charge in [-0.1, -0.05) is 0 Å². The molecule has 1 heterocycles. The van der Waals surface area contributed by atoms with E-state index < -0.39 is 4.92 Å². The Morgan fingerprint density at radius 3 is 2.76 bits per heavy atom. The third-order valence-corrected chi connectivity index (χ3v) is 3.98. The van der Waals surface area contributed by atoms with Crippen molar-refractivity contribution in [3.8, 4) is 6.07 Å². The van der Waals surface area contributed by atoms with Gasteiger partial charge in [-0.15, -0.1) is 0 Å². The molecule has 0 aromatic heterocycles. The number of hydrogen-bond donors (Lipinski definition) is 1. The van der Waals surface area contributed by atoms with E-state index in [0.717, 1.165) is 44.7 Å². The maximum Gasteiger partial charge on any atom is 0.289 e.